The molecule has 1 amide bonds. The fraction of sp³-hybridized carbons (Fsp3) is 0.800. The van der Waals surface area contributed by atoms with Gasteiger partial charge in [-0.25, -0.2) is 0 Å². The molecule has 6 heteroatoms. The van der Waals surface area contributed by atoms with Gasteiger partial charge in [0.05, 0.1) is 6.54 Å². The van der Waals surface area contributed by atoms with Gasteiger partial charge in [-0.15, -0.1) is 0 Å². The quantitative estimate of drug-likeness (QED) is 0.249. The van der Waals surface area contributed by atoms with E-state index in [0.29, 0.717) is 24.8 Å². The molecule has 0 aromatic carbocycles. The van der Waals surface area contributed by atoms with Crippen molar-refractivity contribution in [1.29, 1.82) is 0 Å². The maximum Gasteiger partial charge on any atom is 0.220 e. The second-order valence-electron chi connectivity index (χ2n) is 4.78. The molecule has 2 N–H and O–H groups in total. The van der Waals surface area contributed by atoms with E-state index in [1.54, 1.807) is 10.8 Å². The number of unbranched alkanes of at least 4 members (excludes halogenated alkanes) is 1. The van der Waals surface area contributed by atoms with Crippen molar-refractivity contribution in [3.63, 3.8) is 0 Å². The van der Waals surface area contributed by atoms with Crippen molar-refractivity contribution in [3.05, 3.63) is 0 Å². The van der Waals surface area contributed by atoms with E-state index in [0.717, 1.165) is 31.7 Å². The Hall–Kier alpha value is -0.350. The van der Waals surface area contributed by atoms with Crippen LogP contribution in [0.3, 0.4) is 0 Å². The normalized spacial score (nSPS) is 10.3. The molecular weight excluding hydrogens is 304 g/mol. The zero-order valence-corrected chi connectivity index (χ0v) is 15.0. The highest BCUT2D eigenvalue weighted by molar-refractivity contribution is 8.76. The molecule has 0 aromatic rings. The van der Waals surface area contributed by atoms with E-state index in [1.165, 1.54) is 0 Å². The SMILES string of the molecule is CNCCSSCOCCCCC(=O)NCC#CC(C)C. The first-order valence-corrected chi connectivity index (χ1v) is 9.87. The molecule has 122 valence electrons. The standard InChI is InChI=1S/C15H28N2O2S2/c1-14(2)7-6-9-17-15(18)8-4-5-11-19-13-21-20-12-10-16-3/h14,16H,4-5,8-13H2,1-3H3,(H,17,18). The average molecular weight is 333 g/mol. The Morgan fingerprint density at radius 3 is 2.81 bits per heavy atom. The van der Waals surface area contributed by atoms with Crippen molar-refractivity contribution < 1.29 is 9.53 Å². The average Bonchev–Trinajstić information content (AvgIpc) is 2.45. The number of carbonyl (C=O) groups excluding carboxylic acids is 1. The smallest absolute Gasteiger partial charge is 0.220 e. The van der Waals surface area contributed by atoms with Crippen molar-refractivity contribution in [1.82, 2.24) is 10.6 Å². The Labute approximate surface area is 137 Å². The Morgan fingerprint density at radius 1 is 1.29 bits per heavy atom. The molecule has 0 aliphatic rings. The van der Waals surface area contributed by atoms with Gasteiger partial charge in [-0.05, 0) is 19.9 Å². The monoisotopic (exact) mass is 332 g/mol. The lowest BCUT2D eigenvalue weighted by molar-refractivity contribution is -0.121. The lowest BCUT2D eigenvalue weighted by Crippen LogP contribution is -2.23. The van der Waals surface area contributed by atoms with Gasteiger partial charge in [-0.3, -0.25) is 4.79 Å². The van der Waals surface area contributed by atoms with E-state index >= 15 is 0 Å². The highest BCUT2D eigenvalue weighted by Gasteiger charge is 1.99. The fourth-order valence-corrected chi connectivity index (χ4v) is 2.98. The summed E-state index contributed by atoms with van der Waals surface area (Å²) >= 11 is 0. The molecule has 0 saturated heterocycles. The minimum absolute atomic E-state index is 0.0741. The van der Waals surface area contributed by atoms with Crippen LogP contribution in [0.15, 0.2) is 0 Å². The van der Waals surface area contributed by atoms with Crippen LogP contribution in [0, 0.1) is 17.8 Å². The molecule has 0 spiro atoms. The van der Waals surface area contributed by atoms with Crippen LogP contribution >= 0.6 is 21.6 Å². The first-order valence-electron chi connectivity index (χ1n) is 7.38. The molecule has 0 aromatic heterocycles. The fourth-order valence-electron chi connectivity index (χ4n) is 1.31. The van der Waals surface area contributed by atoms with E-state index in [9.17, 15) is 4.79 Å². The van der Waals surface area contributed by atoms with Crippen LogP contribution in [0.4, 0.5) is 0 Å². The van der Waals surface area contributed by atoms with Gasteiger partial charge in [0.2, 0.25) is 5.91 Å². The number of amides is 1. The molecule has 0 fully saturated rings. The Bertz CT molecular complexity index is 315. The van der Waals surface area contributed by atoms with Gasteiger partial charge < -0.3 is 15.4 Å². The molecule has 0 unspecified atom stereocenters. The van der Waals surface area contributed by atoms with Crippen LogP contribution in [0.2, 0.25) is 0 Å². The maximum atomic E-state index is 11.5. The van der Waals surface area contributed by atoms with Gasteiger partial charge in [0, 0.05) is 31.2 Å². The summed E-state index contributed by atoms with van der Waals surface area (Å²) in [6, 6.07) is 0. The van der Waals surface area contributed by atoms with Gasteiger partial charge in [0.15, 0.2) is 0 Å². The topological polar surface area (TPSA) is 50.4 Å². The van der Waals surface area contributed by atoms with Crippen LogP contribution in [0.1, 0.15) is 33.1 Å². The van der Waals surface area contributed by atoms with E-state index in [2.05, 4.69) is 22.5 Å². The van der Waals surface area contributed by atoms with E-state index in [4.69, 9.17) is 4.74 Å². The largest absolute Gasteiger partial charge is 0.370 e. The summed E-state index contributed by atoms with van der Waals surface area (Å²) in [5.74, 6) is 8.19. The third kappa shape index (κ3) is 17.6. The van der Waals surface area contributed by atoms with Crippen LogP contribution < -0.4 is 10.6 Å². The molecule has 0 heterocycles. The second-order valence-corrected chi connectivity index (χ2v) is 7.31. The lowest BCUT2D eigenvalue weighted by atomic mass is 10.2. The van der Waals surface area contributed by atoms with E-state index in [-0.39, 0.29) is 5.91 Å². The summed E-state index contributed by atoms with van der Waals surface area (Å²) in [7, 11) is 5.50. The predicted molar refractivity (Wildman–Crippen MR) is 94.3 cm³/mol. The van der Waals surface area contributed by atoms with Crippen LogP contribution in [-0.2, 0) is 9.53 Å². The van der Waals surface area contributed by atoms with Gasteiger partial charge in [-0.1, -0.05) is 47.3 Å². The van der Waals surface area contributed by atoms with Gasteiger partial charge in [0.25, 0.3) is 0 Å². The zero-order valence-electron chi connectivity index (χ0n) is 13.4. The molecule has 0 rings (SSSR count). The molecule has 0 radical (unpaired) electrons. The molecule has 0 bridgehead atoms. The third-order valence-electron chi connectivity index (χ3n) is 2.36. The van der Waals surface area contributed by atoms with Crippen LogP contribution in [0.5, 0.6) is 0 Å². The number of ether oxygens (including phenoxy) is 1. The van der Waals surface area contributed by atoms with Crippen molar-refractivity contribution in [2.24, 2.45) is 5.92 Å². The molecule has 0 saturated carbocycles. The minimum Gasteiger partial charge on any atom is -0.370 e. The minimum atomic E-state index is 0.0741. The Kier molecular flexibility index (Phi) is 15.8. The molecule has 0 atom stereocenters. The van der Waals surface area contributed by atoms with Crippen LogP contribution in [-0.4, -0.2) is 44.3 Å². The number of hydrogen-bond acceptors (Lipinski definition) is 5. The summed E-state index contributed by atoms with van der Waals surface area (Å²) in [5, 5.41) is 5.90. The highest BCUT2D eigenvalue weighted by atomic mass is 33.1. The van der Waals surface area contributed by atoms with Crippen molar-refractivity contribution in [3.8, 4) is 11.8 Å². The molecule has 21 heavy (non-hydrogen) atoms. The number of nitrogens with one attached hydrogen (secondary N) is 2. The maximum absolute atomic E-state index is 11.5. The summed E-state index contributed by atoms with van der Waals surface area (Å²) < 4.78 is 5.49. The van der Waals surface area contributed by atoms with Gasteiger partial charge in [-0.2, -0.15) is 0 Å². The summed E-state index contributed by atoms with van der Waals surface area (Å²) in [4.78, 5) is 11.5. The molecular formula is C15H28N2O2S2. The zero-order chi connectivity index (χ0) is 15.8. The van der Waals surface area contributed by atoms with Crippen molar-refractivity contribution in [2.45, 2.75) is 33.1 Å². The predicted octanol–water partition coefficient (Wildman–Crippen LogP) is 2.51. The van der Waals surface area contributed by atoms with Gasteiger partial charge in [0.1, 0.15) is 5.94 Å². The molecule has 0 aliphatic carbocycles. The highest BCUT2D eigenvalue weighted by Crippen LogP contribution is 2.20. The number of hydrogen-bond donors (Lipinski definition) is 2. The first kappa shape index (κ1) is 20.6. The summed E-state index contributed by atoms with van der Waals surface area (Å²) in [5.41, 5.74) is 0. The summed E-state index contributed by atoms with van der Waals surface area (Å²) in [6.45, 7) is 6.26. The molecule has 4 nitrogen and oxygen atoms in total. The van der Waals surface area contributed by atoms with Crippen molar-refractivity contribution >= 4 is 27.5 Å². The Morgan fingerprint density at radius 2 is 2.10 bits per heavy atom. The second kappa shape index (κ2) is 16.0. The van der Waals surface area contributed by atoms with E-state index < -0.39 is 0 Å². The van der Waals surface area contributed by atoms with Crippen molar-refractivity contribution in [2.75, 3.05) is 38.4 Å². The number of rotatable bonds is 12. The number of carbonyl (C=O) groups is 1. The van der Waals surface area contributed by atoms with E-state index in [1.807, 2.05) is 31.7 Å². The van der Waals surface area contributed by atoms with Crippen LogP contribution in [0.25, 0.3) is 0 Å². The lowest BCUT2D eigenvalue weighted by Gasteiger charge is -2.04. The van der Waals surface area contributed by atoms with Gasteiger partial charge >= 0.3 is 0 Å². The Balaban J connectivity index is 3.24. The molecule has 0 aliphatic heterocycles. The summed E-state index contributed by atoms with van der Waals surface area (Å²) in [6.07, 6.45) is 2.34. The first-order chi connectivity index (χ1) is 10.2. The third-order valence-corrected chi connectivity index (χ3v) is 4.45.